The van der Waals surface area contributed by atoms with Gasteiger partial charge < -0.3 is 20.7 Å². The molecule has 1 spiro atoms. The van der Waals surface area contributed by atoms with Crippen molar-refractivity contribution in [3.8, 4) is 0 Å². The highest BCUT2D eigenvalue weighted by Crippen LogP contribution is 2.33. The van der Waals surface area contributed by atoms with Crippen molar-refractivity contribution in [3.63, 3.8) is 0 Å². The van der Waals surface area contributed by atoms with Gasteiger partial charge in [0.05, 0.1) is 13.2 Å². The molecule has 0 radical (unpaired) electrons. The van der Waals surface area contributed by atoms with Gasteiger partial charge in [-0.1, -0.05) is 12.1 Å². The number of hydrogen-bond acceptors (Lipinski definition) is 5. The van der Waals surface area contributed by atoms with Crippen molar-refractivity contribution < 1.29 is 9.53 Å². The molecule has 3 N–H and O–H groups in total. The molecule has 1 amide bonds. The van der Waals surface area contributed by atoms with Crippen molar-refractivity contribution in [2.24, 2.45) is 10.7 Å². The number of anilines is 1. The number of benzene rings is 1. The first-order valence-corrected chi connectivity index (χ1v) is 7.28. The molecule has 112 valence electrons. The number of likely N-dealkylation sites (tertiary alicyclic amines) is 1. The van der Waals surface area contributed by atoms with E-state index in [-0.39, 0.29) is 6.09 Å². The van der Waals surface area contributed by atoms with E-state index >= 15 is 0 Å². The second-order valence-corrected chi connectivity index (χ2v) is 5.42. The van der Waals surface area contributed by atoms with Gasteiger partial charge in [0.25, 0.3) is 0 Å². The number of ether oxygens (including phenoxy) is 1. The Hall–Kier alpha value is -2.24. The summed E-state index contributed by atoms with van der Waals surface area (Å²) in [7, 11) is 0. The van der Waals surface area contributed by atoms with Gasteiger partial charge in [-0.15, -0.1) is 0 Å². The molecule has 0 bridgehead atoms. The van der Waals surface area contributed by atoms with Gasteiger partial charge in [0.15, 0.2) is 0 Å². The van der Waals surface area contributed by atoms with E-state index in [4.69, 9.17) is 10.5 Å². The maximum Gasteiger partial charge on any atom is 0.409 e. The second-order valence-electron chi connectivity index (χ2n) is 5.42. The van der Waals surface area contributed by atoms with E-state index in [1.54, 1.807) is 4.90 Å². The molecule has 1 unspecified atom stereocenters. The lowest BCUT2D eigenvalue weighted by Gasteiger charge is -2.43. The van der Waals surface area contributed by atoms with E-state index in [9.17, 15) is 4.79 Å². The Morgan fingerprint density at radius 1 is 1.52 bits per heavy atom. The zero-order valence-electron chi connectivity index (χ0n) is 12.1. The first-order chi connectivity index (χ1) is 10.1. The monoisotopic (exact) mass is 288 g/mol. The van der Waals surface area contributed by atoms with Gasteiger partial charge in [0.2, 0.25) is 0 Å². The maximum absolute atomic E-state index is 11.9. The highest BCUT2D eigenvalue weighted by Gasteiger charge is 2.40. The Balaban J connectivity index is 1.86. The van der Waals surface area contributed by atoms with Gasteiger partial charge in [-0.05, 0) is 31.9 Å². The van der Waals surface area contributed by atoms with Crippen LogP contribution in [0.5, 0.6) is 0 Å². The van der Waals surface area contributed by atoms with E-state index < -0.39 is 5.66 Å². The smallest absolute Gasteiger partial charge is 0.409 e. The predicted octanol–water partition coefficient (Wildman–Crippen LogP) is 1.77. The van der Waals surface area contributed by atoms with Crippen molar-refractivity contribution >= 4 is 17.6 Å². The van der Waals surface area contributed by atoms with Crippen LogP contribution in [-0.2, 0) is 4.74 Å². The molecule has 6 nitrogen and oxygen atoms in total. The lowest BCUT2D eigenvalue weighted by atomic mass is 9.95. The summed E-state index contributed by atoms with van der Waals surface area (Å²) < 4.78 is 5.09. The van der Waals surface area contributed by atoms with Gasteiger partial charge in [0.1, 0.15) is 11.5 Å². The quantitative estimate of drug-likeness (QED) is 0.825. The summed E-state index contributed by atoms with van der Waals surface area (Å²) in [5.41, 5.74) is 7.45. The lowest BCUT2D eigenvalue weighted by Crippen LogP contribution is -2.55. The number of rotatable bonds is 1. The van der Waals surface area contributed by atoms with Gasteiger partial charge in [-0.25, -0.2) is 9.79 Å². The normalized spacial score (nSPS) is 24.0. The lowest BCUT2D eigenvalue weighted by molar-refractivity contribution is 0.0864. The Morgan fingerprint density at radius 3 is 3.14 bits per heavy atom. The van der Waals surface area contributed by atoms with Gasteiger partial charge in [0, 0.05) is 17.8 Å². The molecule has 1 saturated heterocycles. The number of para-hydroxylation sites is 1. The van der Waals surface area contributed by atoms with Crippen LogP contribution in [0.15, 0.2) is 29.3 Å². The Bertz CT molecular complexity index is 587. The third-order valence-corrected chi connectivity index (χ3v) is 3.90. The third kappa shape index (κ3) is 2.53. The number of nitrogens with one attached hydrogen (secondary N) is 1. The number of aliphatic imine (C=N–C) groups is 1. The molecular formula is C15H20N4O2. The van der Waals surface area contributed by atoms with E-state index in [1.165, 1.54) is 0 Å². The average molecular weight is 288 g/mol. The first kappa shape index (κ1) is 13.7. The minimum Gasteiger partial charge on any atom is -0.450 e. The molecule has 1 aromatic rings. The van der Waals surface area contributed by atoms with Crippen LogP contribution in [0, 0.1) is 0 Å². The van der Waals surface area contributed by atoms with E-state index in [0.717, 1.165) is 24.1 Å². The molecule has 0 saturated carbocycles. The zero-order valence-corrected chi connectivity index (χ0v) is 12.1. The summed E-state index contributed by atoms with van der Waals surface area (Å²) in [6.45, 7) is 3.35. The highest BCUT2D eigenvalue weighted by atomic mass is 16.6. The van der Waals surface area contributed by atoms with Gasteiger partial charge in [-0.2, -0.15) is 0 Å². The van der Waals surface area contributed by atoms with Crippen LogP contribution in [0.3, 0.4) is 0 Å². The van der Waals surface area contributed by atoms with Crippen LogP contribution in [0.4, 0.5) is 10.5 Å². The number of nitrogens with two attached hydrogens (primary N) is 1. The first-order valence-electron chi connectivity index (χ1n) is 7.28. The van der Waals surface area contributed by atoms with Crippen molar-refractivity contribution in [1.82, 2.24) is 4.90 Å². The fourth-order valence-corrected chi connectivity index (χ4v) is 2.99. The molecule has 3 rings (SSSR count). The minimum absolute atomic E-state index is 0.286. The van der Waals surface area contributed by atoms with Crippen LogP contribution in [0.1, 0.15) is 25.3 Å². The number of hydrogen-bond donors (Lipinski definition) is 2. The summed E-state index contributed by atoms with van der Waals surface area (Å²) in [6.07, 6.45) is 1.42. The number of fused-ring (bicyclic) bond motifs is 1. The summed E-state index contributed by atoms with van der Waals surface area (Å²) in [6, 6.07) is 7.83. The average Bonchev–Trinajstić information content (AvgIpc) is 2.47. The standard InChI is InChI=1S/C15H20N4O2/c1-2-21-14(20)19-9-5-8-15(10-19)17-12-7-4-3-6-11(12)13(16)18-15/h3-4,6-7,17H,2,5,8-10H2,1H3,(H2,16,18). The summed E-state index contributed by atoms with van der Waals surface area (Å²) in [5, 5.41) is 3.45. The SMILES string of the molecule is CCOC(=O)N1CCCC2(C1)N=C(N)c1ccccc1N2. The molecule has 2 aliphatic rings. The fourth-order valence-electron chi connectivity index (χ4n) is 2.99. The number of carbonyl (C=O) groups is 1. The molecular weight excluding hydrogens is 268 g/mol. The topological polar surface area (TPSA) is 80.0 Å². The Labute approximate surface area is 124 Å². The number of amides is 1. The van der Waals surface area contributed by atoms with Crippen LogP contribution >= 0.6 is 0 Å². The summed E-state index contributed by atoms with van der Waals surface area (Å²) >= 11 is 0. The van der Waals surface area contributed by atoms with E-state index in [2.05, 4.69) is 10.3 Å². The largest absolute Gasteiger partial charge is 0.450 e. The molecule has 1 atom stereocenters. The van der Waals surface area contributed by atoms with Crippen LogP contribution < -0.4 is 11.1 Å². The van der Waals surface area contributed by atoms with Crippen LogP contribution in [-0.4, -0.2) is 42.2 Å². The van der Waals surface area contributed by atoms with Crippen molar-refractivity contribution in [2.45, 2.75) is 25.4 Å². The molecule has 0 aliphatic carbocycles. The summed E-state index contributed by atoms with van der Waals surface area (Å²) in [5.74, 6) is 0.523. The van der Waals surface area contributed by atoms with Gasteiger partial charge in [-0.3, -0.25) is 0 Å². The number of nitrogens with zero attached hydrogens (tertiary/aromatic N) is 2. The number of carbonyl (C=O) groups excluding carboxylic acids is 1. The minimum atomic E-state index is -0.538. The van der Waals surface area contributed by atoms with Crippen molar-refractivity contribution in [3.05, 3.63) is 29.8 Å². The molecule has 1 aromatic carbocycles. The third-order valence-electron chi connectivity index (χ3n) is 3.90. The maximum atomic E-state index is 11.9. The van der Waals surface area contributed by atoms with Crippen LogP contribution in [0.2, 0.25) is 0 Å². The number of amidine groups is 1. The molecule has 6 heteroatoms. The Morgan fingerprint density at radius 2 is 2.33 bits per heavy atom. The van der Waals surface area contributed by atoms with Gasteiger partial charge >= 0.3 is 6.09 Å². The second kappa shape index (κ2) is 5.27. The fraction of sp³-hybridized carbons (Fsp3) is 0.467. The Kier molecular flexibility index (Phi) is 3.45. The number of piperidine rings is 1. The molecule has 2 heterocycles. The van der Waals surface area contributed by atoms with Crippen molar-refractivity contribution in [1.29, 1.82) is 0 Å². The molecule has 1 fully saturated rings. The van der Waals surface area contributed by atoms with Crippen LogP contribution in [0.25, 0.3) is 0 Å². The van der Waals surface area contributed by atoms with Crippen molar-refractivity contribution in [2.75, 3.05) is 25.0 Å². The molecule has 2 aliphatic heterocycles. The molecule has 21 heavy (non-hydrogen) atoms. The van der Waals surface area contributed by atoms with E-state index in [1.807, 2.05) is 31.2 Å². The molecule has 0 aromatic heterocycles. The zero-order chi connectivity index (χ0) is 14.9. The highest BCUT2D eigenvalue weighted by molar-refractivity contribution is 6.04. The van der Waals surface area contributed by atoms with E-state index in [0.29, 0.717) is 25.5 Å². The predicted molar refractivity (Wildman–Crippen MR) is 81.3 cm³/mol. The summed E-state index contributed by atoms with van der Waals surface area (Å²) in [4.78, 5) is 18.3.